The molecule has 0 aliphatic carbocycles. The van der Waals surface area contributed by atoms with Crippen LogP contribution in [0, 0.1) is 0 Å². The molecule has 0 heterocycles. The summed E-state index contributed by atoms with van der Waals surface area (Å²) in [6, 6.07) is 0.0786. The summed E-state index contributed by atoms with van der Waals surface area (Å²) in [4.78, 5) is 11.5. The summed E-state index contributed by atoms with van der Waals surface area (Å²) in [5, 5.41) is 2.83. The van der Waals surface area contributed by atoms with Gasteiger partial charge in [0.2, 0.25) is 0 Å². The van der Waals surface area contributed by atoms with Crippen molar-refractivity contribution in [1.29, 1.82) is 0 Å². The number of amides is 1. The number of rotatable bonds is 4. The minimum Gasteiger partial charge on any atom is -0.444 e. The molecule has 0 aliphatic heterocycles. The van der Waals surface area contributed by atoms with Crippen molar-refractivity contribution in [3.63, 3.8) is 0 Å². The molecule has 15 heavy (non-hydrogen) atoms. The third-order valence-electron chi connectivity index (χ3n) is 1.73. The van der Waals surface area contributed by atoms with Gasteiger partial charge in [-0.25, -0.2) is 4.79 Å². The van der Waals surface area contributed by atoms with E-state index in [-0.39, 0.29) is 12.1 Å². The highest BCUT2D eigenvalue weighted by Crippen LogP contribution is 2.07. The van der Waals surface area contributed by atoms with Crippen LogP contribution in [-0.4, -0.2) is 17.7 Å². The summed E-state index contributed by atoms with van der Waals surface area (Å²) < 4.78 is 5.18. The molecule has 0 aliphatic rings. The van der Waals surface area contributed by atoms with Crippen molar-refractivity contribution in [2.75, 3.05) is 0 Å². The highest BCUT2D eigenvalue weighted by Gasteiger charge is 2.17. The molecule has 0 fully saturated rings. The van der Waals surface area contributed by atoms with E-state index in [4.69, 9.17) is 4.74 Å². The molecule has 0 radical (unpaired) electrons. The van der Waals surface area contributed by atoms with E-state index in [1.165, 1.54) is 0 Å². The molecule has 0 saturated carbocycles. The summed E-state index contributed by atoms with van der Waals surface area (Å²) in [6.45, 7) is 9.61. The average Bonchev–Trinajstić information content (AvgIpc) is 2.00. The zero-order valence-corrected chi connectivity index (χ0v) is 10.5. The van der Waals surface area contributed by atoms with E-state index in [0.717, 1.165) is 12.8 Å². The lowest BCUT2D eigenvalue weighted by atomic mass is 10.1. The Bertz CT molecular complexity index is 216. The fourth-order valence-electron chi connectivity index (χ4n) is 1.22. The summed E-state index contributed by atoms with van der Waals surface area (Å²) in [5.74, 6) is 0. The molecule has 0 rings (SSSR count). The quantitative estimate of drug-likeness (QED) is 0.728. The van der Waals surface area contributed by atoms with Crippen LogP contribution in [0.4, 0.5) is 4.79 Å². The molecule has 3 nitrogen and oxygen atoms in total. The molecule has 0 aromatic heterocycles. The van der Waals surface area contributed by atoms with E-state index >= 15 is 0 Å². The molecule has 1 amide bonds. The van der Waals surface area contributed by atoms with E-state index in [9.17, 15) is 4.79 Å². The van der Waals surface area contributed by atoms with E-state index in [1.807, 2.05) is 39.8 Å². The molecule has 0 aromatic carbocycles. The van der Waals surface area contributed by atoms with Gasteiger partial charge in [0.15, 0.2) is 0 Å². The maximum atomic E-state index is 11.5. The van der Waals surface area contributed by atoms with Crippen LogP contribution in [-0.2, 0) is 4.74 Å². The molecule has 3 heteroatoms. The second kappa shape index (κ2) is 6.49. The molecule has 88 valence electrons. The van der Waals surface area contributed by atoms with Gasteiger partial charge in [0.1, 0.15) is 5.60 Å². The summed E-state index contributed by atoms with van der Waals surface area (Å²) in [5.41, 5.74) is -0.434. The Hall–Kier alpha value is -0.990. The fraction of sp³-hybridized carbons (Fsp3) is 0.750. The number of hydrogen-bond acceptors (Lipinski definition) is 2. The Morgan fingerprint density at radius 2 is 2.07 bits per heavy atom. The van der Waals surface area contributed by atoms with Gasteiger partial charge < -0.3 is 10.1 Å². The average molecular weight is 213 g/mol. The van der Waals surface area contributed by atoms with Crippen molar-refractivity contribution in [2.24, 2.45) is 0 Å². The first-order valence-electron chi connectivity index (χ1n) is 5.51. The molecular weight excluding hydrogens is 190 g/mol. The van der Waals surface area contributed by atoms with Crippen molar-refractivity contribution in [3.05, 3.63) is 12.2 Å². The highest BCUT2D eigenvalue weighted by atomic mass is 16.6. The van der Waals surface area contributed by atoms with Crippen LogP contribution in [0.5, 0.6) is 0 Å². The lowest BCUT2D eigenvalue weighted by Crippen LogP contribution is -2.38. The Balaban J connectivity index is 4.11. The van der Waals surface area contributed by atoms with Crippen LogP contribution in [0.25, 0.3) is 0 Å². The number of carbonyl (C=O) groups is 1. The third kappa shape index (κ3) is 8.03. The molecule has 0 bridgehead atoms. The Labute approximate surface area is 92.9 Å². The number of carbonyl (C=O) groups excluding carboxylic acids is 1. The van der Waals surface area contributed by atoms with E-state index in [1.54, 1.807) is 0 Å². The van der Waals surface area contributed by atoms with Crippen LogP contribution in [0.1, 0.15) is 47.5 Å². The van der Waals surface area contributed by atoms with Crippen LogP contribution in [0.15, 0.2) is 12.2 Å². The molecule has 0 saturated heterocycles. The van der Waals surface area contributed by atoms with Gasteiger partial charge in [0, 0.05) is 0 Å². The van der Waals surface area contributed by atoms with Crippen LogP contribution in [0.3, 0.4) is 0 Å². The highest BCUT2D eigenvalue weighted by molar-refractivity contribution is 5.68. The first-order valence-corrected chi connectivity index (χ1v) is 5.51. The Morgan fingerprint density at radius 3 is 2.47 bits per heavy atom. The third-order valence-corrected chi connectivity index (χ3v) is 1.73. The van der Waals surface area contributed by atoms with E-state index < -0.39 is 5.60 Å². The number of allylic oxidation sites excluding steroid dienone is 1. The Morgan fingerprint density at radius 1 is 1.47 bits per heavy atom. The monoisotopic (exact) mass is 213 g/mol. The molecule has 0 spiro atoms. The topological polar surface area (TPSA) is 38.3 Å². The van der Waals surface area contributed by atoms with Crippen LogP contribution < -0.4 is 5.32 Å². The van der Waals surface area contributed by atoms with Gasteiger partial charge >= 0.3 is 6.09 Å². The van der Waals surface area contributed by atoms with Crippen molar-refractivity contribution in [1.82, 2.24) is 5.32 Å². The van der Waals surface area contributed by atoms with Gasteiger partial charge in [-0.2, -0.15) is 0 Å². The second-order valence-corrected chi connectivity index (χ2v) is 4.57. The van der Waals surface area contributed by atoms with Crippen LogP contribution >= 0.6 is 0 Å². The smallest absolute Gasteiger partial charge is 0.408 e. The first-order chi connectivity index (χ1) is 6.89. The predicted molar refractivity (Wildman–Crippen MR) is 62.9 cm³/mol. The summed E-state index contributed by atoms with van der Waals surface area (Å²) in [6.07, 6.45) is 5.54. The number of nitrogens with one attached hydrogen (secondary N) is 1. The lowest BCUT2D eigenvalue weighted by molar-refractivity contribution is 0.0512. The normalized spacial score (nSPS) is 13.9. The predicted octanol–water partition coefficient (Wildman–Crippen LogP) is 3.26. The van der Waals surface area contributed by atoms with Crippen molar-refractivity contribution < 1.29 is 9.53 Å². The fourth-order valence-corrected chi connectivity index (χ4v) is 1.22. The minimum absolute atomic E-state index is 0.0786. The van der Waals surface area contributed by atoms with Crippen molar-refractivity contribution >= 4 is 6.09 Å². The van der Waals surface area contributed by atoms with Gasteiger partial charge in [-0.3, -0.25) is 0 Å². The van der Waals surface area contributed by atoms with E-state index in [2.05, 4.69) is 12.2 Å². The molecule has 1 atom stereocenters. The zero-order valence-electron chi connectivity index (χ0n) is 10.5. The molecule has 0 aromatic rings. The number of hydrogen-bond donors (Lipinski definition) is 1. The first kappa shape index (κ1) is 14.0. The number of alkyl carbamates (subject to hydrolysis) is 1. The largest absolute Gasteiger partial charge is 0.444 e. The summed E-state index contributed by atoms with van der Waals surface area (Å²) >= 11 is 0. The number of ether oxygens (including phenoxy) is 1. The standard InChI is InChI=1S/C12H23NO2/c1-6-8-10(9-7-2)13-11(14)15-12(3,4)5/h6,8,10H,7,9H2,1-5H3,(H,13,14)/b8-6+. The van der Waals surface area contributed by atoms with Gasteiger partial charge in [-0.05, 0) is 34.1 Å². The SMILES string of the molecule is C/C=C/C(CCC)NC(=O)OC(C)(C)C. The zero-order chi connectivity index (χ0) is 11.9. The van der Waals surface area contributed by atoms with Gasteiger partial charge in [0.25, 0.3) is 0 Å². The van der Waals surface area contributed by atoms with E-state index in [0.29, 0.717) is 0 Å². The van der Waals surface area contributed by atoms with Crippen molar-refractivity contribution in [2.45, 2.75) is 59.1 Å². The maximum Gasteiger partial charge on any atom is 0.408 e. The van der Waals surface area contributed by atoms with Gasteiger partial charge in [0.05, 0.1) is 6.04 Å². The molecule has 1 unspecified atom stereocenters. The van der Waals surface area contributed by atoms with Gasteiger partial charge in [-0.15, -0.1) is 0 Å². The summed E-state index contributed by atoms with van der Waals surface area (Å²) in [7, 11) is 0. The van der Waals surface area contributed by atoms with Gasteiger partial charge in [-0.1, -0.05) is 25.5 Å². The molecular formula is C12H23NO2. The Kier molecular flexibility index (Phi) is 6.06. The minimum atomic E-state index is -0.434. The van der Waals surface area contributed by atoms with Crippen LogP contribution in [0.2, 0.25) is 0 Å². The lowest BCUT2D eigenvalue weighted by Gasteiger charge is -2.22. The molecule has 1 N–H and O–H groups in total. The second-order valence-electron chi connectivity index (χ2n) is 4.57. The van der Waals surface area contributed by atoms with Crippen molar-refractivity contribution in [3.8, 4) is 0 Å². The maximum absolute atomic E-state index is 11.5.